The first-order valence-electron chi connectivity index (χ1n) is 5.41. The van der Waals surface area contributed by atoms with Crippen LogP contribution < -0.4 is 5.32 Å². The number of nitrogens with two attached hydrogens (primary N) is 1. The summed E-state index contributed by atoms with van der Waals surface area (Å²) in [5, 5.41) is 8.73. The molecule has 1 saturated carbocycles. The molecule has 0 radical (unpaired) electrons. The maximum atomic E-state index is 11.7. The molecule has 1 aliphatic carbocycles. The van der Waals surface area contributed by atoms with Gasteiger partial charge in [-0.3, -0.25) is 5.10 Å². The normalized spacial score (nSPS) is 16.7. The molecule has 0 saturated heterocycles. The van der Waals surface area contributed by atoms with E-state index in [0.717, 1.165) is 24.2 Å². The minimum absolute atomic E-state index is 0.00612. The zero-order valence-corrected chi connectivity index (χ0v) is 9.50. The number of aromatic nitrogens is 2. The summed E-state index contributed by atoms with van der Waals surface area (Å²) in [5.41, 5.74) is 1.99. The van der Waals surface area contributed by atoms with Crippen LogP contribution >= 0.6 is 0 Å². The maximum Gasteiger partial charge on any atom is 0.318 e. The van der Waals surface area contributed by atoms with E-state index in [1.807, 2.05) is 0 Å². The lowest BCUT2D eigenvalue weighted by Crippen LogP contribution is -2.83. The van der Waals surface area contributed by atoms with Crippen LogP contribution in [0.1, 0.15) is 39.3 Å². The van der Waals surface area contributed by atoms with Gasteiger partial charge >= 0.3 is 5.91 Å². The van der Waals surface area contributed by atoms with Gasteiger partial charge in [0, 0.05) is 5.41 Å². The highest BCUT2D eigenvalue weighted by Gasteiger charge is 2.35. The van der Waals surface area contributed by atoms with Crippen molar-refractivity contribution in [1.82, 2.24) is 10.2 Å². The highest BCUT2D eigenvalue weighted by atomic mass is 16.2. The molecule has 0 bridgehead atoms. The van der Waals surface area contributed by atoms with Gasteiger partial charge in [-0.05, 0) is 12.8 Å². The lowest BCUT2D eigenvalue weighted by molar-refractivity contribution is -0.486. The van der Waals surface area contributed by atoms with Crippen LogP contribution in [0.4, 0.5) is 5.69 Å². The molecule has 1 fully saturated rings. The highest BCUT2D eigenvalue weighted by Crippen LogP contribution is 2.28. The van der Waals surface area contributed by atoms with Gasteiger partial charge in [-0.15, -0.1) is 0 Å². The largest absolute Gasteiger partial charge is 0.318 e. The van der Waals surface area contributed by atoms with Crippen molar-refractivity contribution >= 4 is 11.6 Å². The number of nitrogens with one attached hydrogen (secondary N) is 1. The highest BCUT2D eigenvalue weighted by molar-refractivity contribution is 5.73. The molecule has 2 rings (SSSR count). The van der Waals surface area contributed by atoms with Crippen LogP contribution in [0.2, 0.25) is 0 Å². The number of quaternary nitrogens is 1. The average Bonchev–Trinajstić information content (AvgIpc) is 2.85. The molecule has 4 nitrogen and oxygen atoms in total. The number of amides is 1. The molecule has 0 unspecified atom stereocenters. The summed E-state index contributed by atoms with van der Waals surface area (Å²) in [6.07, 6.45) is 3.84. The fourth-order valence-electron chi connectivity index (χ4n) is 1.64. The topological polar surface area (TPSA) is 62.4 Å². The summed E-state index contributed by atoms with van der Waals surface area (Å²) < 4.78 is 0. The van der Waals surface area contributed by atoms with Crippen molar-refractivity contribution in [2.45, 2.75) is 39.0 Å². The van der Waals surface area contributed by atoms with Gasteiger partial charge in [0.15, 0.2) is 5.69 Å². The number of primary amides is 1. The number of aromatic amines is 1. The Labute approximate surface area is 89.5 Å². The molecule has 1 amide bonds. The monoisotopic (exact) mass is 208 g/mol. The second kappa shape index (κ2) is 3.45. The van der Waals surface area contributed by atoms with Gasteiger partial charge in [0.25, 0.3) is 0 Å². The molecule has 82 valence electrons. The Hall–Kier alpha value is -1.16. The standard InChI is InChI=1S/C11H17N3O/c1-11(2,3)9-8(6-12-14-9)13-10(15)7-4-5-7/h6-7H,4-5H2,1-3H3,(H,12,14)(H,13,15)/p+1. The van der Waals surface area contributed by atoms with E-state index in [-0.39, 0.29) is 17.2 Å². The van der Waals surface area contributed by atoms with Crippen molar-refractivity contribution < 1.29 is 10.1 Å². The third kappa shape index (κ3) is 2.26. The van der Waals surface area contributed by atoms with Gasteiger partial charge in [-0.2, -0.15) is 5.10 Å². The Kier molecular flexibility index (Phi) is 2.38. The second-order valence-electron chi connectivity index (χ2n) is 5.27. The fourth-order valence-corrected chi connectivity index (χ4v) is 1.64. The minimum Gasteiger partial charge on any atom is -0.276 e. The maximum absolute atomic E-state index is 11.7. The number of hydrogen-bond acceptors (Lipinski definition) is 2. The molecule has 1 aromatic heterocycles. The van der Waals surface area contributed by atoms with Crippen LogP contribution in [0.25, 0.3) is 0 Å². The quantitative estimate of drug-likeness (QED) is 0.756. The number of carbonyl (C=O) groups excluding carboxylic acids is 1. The average molecular weight is 208 g/mol. The zero-order chi connectivity index (χ0) is 11.1. The van der Waals surface area contributed by atoms with Gasteiger partial charge in [-0.1, -0.05) is 20.8 Å². The van der Waals surface area contributed by atoms with Crippen LogP contribution in [0.5, 0.6) is 0 Å². The van der Waals surface area contributed by atoms with E-state index in [1.165, 1.54) is 0 Å². The molecule has 3 N–H and O–H groups in total. The van der Waals surface area contributed by atoms with E-state index in [9.17, 15) is 4.79 Å². The molecular formula is C11H18N3O+. The second-order valence-corrected chi connectivity index (χ2v) is 5.27. The Morgan fingerprint density at radius 3 is 2.73 bits per heavy atom. The molecule has 15 heavy (non-hydrogen) atoms. The summed E-state index contributed by atoms with van der Waals surface area (Å²) in [6, 6.07) is 0. The van der Waals surface area contributed by atoms with Gasteiger partial charge in [0.2, 0.25) is 0 Å². The van der Waals surface area contributed by atoms with E-state index >= 15 is 0 Å². The molecular weight excluding hydrogens is 190 g/mol. The number of carbonyl (C=O) groups is 1. The SMILES string of the molecule is CC(C)(C)c1[nH]ncc1[NH2+]C(=O)C1CC1. The third-order valence-corrected chi connectivity index (χ3v) is 2.70. The summed E-state index contributed by atoms with van der Waals surface area (Å²) in [7, 11) is 0. The van der Waals surface area contributed by atoms with Gasteiger partial charge in [0.1, 0.15) is 11.9 Å². The molecule has 0 aliphatic heterocycles. The molecule has 0 spiro atoms. The Morgan fingerprint density at radius 1 is 1.53 bits per heavy atom. The number of nitrogens with zero attached hydrogens (tertiary/aromatic N) is 1. The lowest BCUT2D eigenvalue weighted by atomic mass is 9.91. The molecule has 0 aromatic carbocycles. The summed E-state index contributed by atoms with van der Waals surface area (Å²) in [6.45, 7) is 6.33. The fraction of sp³-hybridized carbons (Fsp3) is 0.636. The number of hydrogen-bond donors (Lipinski definition) is 2. The minimum atomic E-state index is 0.00612. The molecule has 1 aromatic rings. The summed E-state index contributed by atoms with van der Waals surface area (Å²) in [4.78, 5) is 11.7. The van der Waals surface area contributed by atoms with Crippen LogP contribution in [-0.2, 0) is 10.2 Å². The van der Waals surface area contributed by atoms with Crippen LogP contribution in [0.3, 0.4) is 0 Å². The zero-order valence-electron chi connectivity index (χ0n) is 9.50. The molecule has 1 heterocycles. The van der Waals surface area contributed by atoms with Crippen molar-refractivity contribution in [2.24, 2.45) is 5.92 Å². The molecule has 0 atom stereocenters. The van der Waals surface area contributed by atoms with E-state index in [2.05, 4.69) is 31.0 Å². The van der Waals surface area contributed by atoms with Crippen LogP contribution in [0, 0.1) is 5.92 Å². The van der Waals surface area contributed by atoms with Crippen molar-refractivity contribution in [3.63, 3.8) is 0 Å². The Bertz CT molecular complexity index is 371. The predicted octanol–water partition coefficient (Wildman–Crippen LogP) is 0.839. The first-order chi connectivity index (χ1) is 6.98. The first kappa shape index (κ1) is 10.4. The third-order valence-electron chi connectivity index (χ3n) is 2.70. The molecule has 4 heteroatoms. The van der Waals surface area contributed by atoms with E-state index in [1.54, 1.807) is 11.5 Å². The van der Waals surface area contributed by atoms with E-state index in [0.29, 0.717) is 0 Å². The molecule has 1 aliphatic rings. The van der Waals surface area contributed by atoms with Crippen molar-refractivity contribution in [2.75, 3.05) is 0 Å². The van der Waals surface area contributed by atoms with Crippen molar-refractivity contribution in [3.05, 3.63) is 11.9 Å². The van der Waals surface area contributed by atoms with Crippen LogP contribution in [-0.4, -0.2) is 16.1 Å². The van der Waals surface area contributed by atoms with E-state index in [4.69, 9.17) is 0 Å². The van der Waals surface area contributed by atoms with Gasteiger partial charge < -0.3 is 0 Å². The van der Waals surface area contributed by atoms with Gasteiger partial charge in [-0.25, -0.2) is 10.1 Å². The Morgan fingerprint density at radius 2 is 2.20 bits per heavy atom. The van der Waals surface area contributed by atoms with Gasteiger partial charge in [0.05, 0.1) is 5.92 Å². The summed E-state index contributed by atoms with van der Waals surface area (Å²) >= 11 is 0. The Balaban J connectivity index is 2.14. The van der Waals surface area contributed by atoms with Crippen molar-refractivity contribution in [1.29, 1.82) is 0 Å². The van der Waals surface area contributed by atoms with Crippen LogP contribution in [0.15, 0.2) is 6.20 Å². The number of H-pyrrole nitrogens is 1. The predicted molar refractivity (Wildman–Crippen MR) is 56.6 cm³/mol. The lowest BCUT2D eigenvalue weighted by Gasteiger charge is -2.16. The van der Waals surface area contributed by atoms with E-state index < -0.39 is 0 Å². The smallest absolute Gasteiger partial charge is 0.276 e. The summed E-state index contributed by atoms with van der Waals surface area (Å²) in [5.74, 6) is 0.537. The first-order valence-corrected chi connectivity index (χ1v) is 5.41. The number of rotatable bonds is 2. The van der Waals surface area contributed by atoms with Crippen molar-refractivity contribution in [3.8, 4) is 0 Å².